The average molecular weight is 349 g/mol. The third kappa shape index (κ3) is 3.22. The Balaban J connectivity index is 1.94. The maximum absolute atomic E-state index is 12.3. The van der Waals surface area contributed by atoms with Gasteiger partial charge in [-0.25, -0.2) is 13.4 Å². The summed E-state index contributed by atoms with van der Waals surface area (Å²) >= 11 is 1.17. The van der Waals surface area contributed by atoms with E-state index < -0.39 is 10.0 Å². The van der Waals surface area contributed by atoms with Crippen molar-refractivity contribution in [3.8, 4) is 11.4 Å². The first-order chi connectivity index (χ1) is 11.0. The minimum atomic E-state index is -3.57. The van der Waals surface area contributed by atoms with E-state index in [0.29, 0.717) is 11.4 Å². The number of imidazole rings is 1. The van der Waals surface area contributed by atoms with Gasteiger partial charge in [0.25, 0.3) is 10.0 Å². The lowest BCUT2D eigenvalue weighted by molar-refractivity contribution is 0.413. The average Bonchev–Trinajstić information content (AvgIpc) is 3.18. The van der Waals surface area contributed by atoms with Gasteiger partial charge in [-0.3, -0.25) is 4.72 Å². The number of sulfonamides is 1. The number of rotatable bonds is 5. The molecule has 2 aromatic heterocycles. The second-order valence-electron chi connectivity index (χ2n) is 4.85. The molecular formula is C15H15N3O3S2. The SMILES string of the molecule is COc1cc(NS(=O)(=O)c2cccs2)ccc1-n1cnc(C)c1. The lowest BCUT2D eigenvalue weighted by Gasteiger charge is -2.12. The fourth-order valence-electron chi connectivity index (χ4n) is 2.13. The van der Waals surface area contributed by atoms with Crippen LogP contribution in [0.1, 0.15) is 5.69 Å². The molecule has 1 N–H and O–H groups in total. The maximum Gasteiger partial charge on any atom is 0.271 e. The van der Waals surface area contributed by atoms with E-state index in [9.17, 15) is 8.42 Å². The zero-order valence-electron chi connectivity index (χ0n) is 12.6. The van der Waals surface area contributed by atoms with Crippen molar-refractivity contribution in [2.24, 2.45) is 0 Å². The number of benzene rings is 1. The van der Waals surface area contributed by atoms with Crippen LogP contribution >= 0.6 is 11.3 Å². The number of anilines is 1. The van der Waals surface area contributed by atoms with Crippen LogP contribution in [-0.4, -0.2) is 25.1 Å². The standard InChI is InChI=1S/C15H15N3O3S2/c1-11-9-18(10-16-11)13-6-5-12(8-14(13)21-2)17-23(19,20)15-4-3-7-22-15/h3-10,17H,1-2H3. The molecule has 6 nitrogen and oxygen atoms in total. The molecule has 8 heteroatoms. The fourth-order valence-corrected chi connectivity index (χ4v) is 4.17. The highest BCUT2D eigenvalue weighted by molar-refractivity contribution is 7.94. The minimum absolute atomic E-state index is 0.269. The Morgan fingerprint density at radius 1 is 1.30 bits per heavy atom. The Morgan fingerprint density at radius 2 is 2.13 bits per heavy atom. The molecule has 0 aliphatic carbocycles. The predicted molar refractivity (Wildman–Crippen MR) is 90.0 cm³/mol. The van der Waals surface area contributed by atoms with Gasteiger partial charge in [0.2, 0.25) is 0 Å². The molecule has 0 aliphatic heterocycles. The zero-order valence-corrected chi connectivity index (χ0v) is 14.2. The largest absolute Gasteiger partial charge is 0.494 e. The Hall–Kier alpha value is -2.32. The highest BCUT2D eigenvalue weighted by atomic mass is 32.2. The van der Waals surface area contributed by atoms with Crippen LogP contribution in [0.5, 0.6) is 5.75 Å². The third-order valence-electron chi connectivity index (χ3n) is 3.18. The smallest absolute Gasteiger partial charge is 0.271 e. The number of methoxy groups -OCH3 is 1. The summed E-state index contributed by atoms with van der Waals surface area (Å²) in [5.74, 6) is 0.550. The van der Waals surface area contributed by atoms with Gasteiger partial charge in [-0.05, 0) is 30.5 Å². The number of aryl methyl sites for hydroxylation is 1. The molecule has 0 radical (unpaired) electrons. The summed E-state index contributed by atoms with van der Waals surface area (Å²) in [7, 11) is -2.03. The molecule has 0 bridgehead atoms. The van der Waals surface area contributed by atoms with Gasteiger partial charge in [0.05, 0.1) is 30.5 Å². The van der Waals surface area contributed by atoms with E-state index in [0.717, 1.165) is 11.4 Å². The van der Waals surface area contributed by atoms with Crippen molar-refractivity contribution in [2.75, 3.05) is 11.8 Å². The summed E-state index contributed by atoms with van der Waals surface area (Å²) in [5, 5.41) is 1.72. The van der Waals surface area contributed by atoms with Crippen LogP contribution in [0.3, 0.4) is 0 Å². The highest BCUT2D eigenvalue weighted by Crippen LogP contribution is 2.28. The van der Waals surface area contributed by atoms with E-state index >= 15 is 0 Å². The normalized spacial score (nSPS) is 11.4. The van der Waals surface area contributed by atoms with Crippen molar-refractivity contribution in [3.63, 3.8) is 0 Å². The van der Waals surface area contributed by atoms with Crippen LogP contribution in [0.2, 0.25) is 0 Å². The molecule has 0 saturated heterocycles. The molecule has 0 amide bonds. The predicted octanol–water partition coefficient (Wildman–Crippen LogP) is 3.05. The Kier molecular flexibility index (Phi) is 4.10. The summed E-state index contributed by atoms with van der Waals surface area (Å²) in [4.78, 5) is 4.18. The fraction of sp³-hybridized carbons (Fsp3) is 0.133. The number of hydrogen-bond donors (Lipinski definition) is 1. The number of nitrogens with one attached hydrogen (secondary N) is 1. The molecule has 1 aromatic carbocycles. The van der Waals surface area contributed by atoms with Crippen molar-refractivity contribution in [3.05, 3.63) is 53.9 Å². The van der Waals surface area contributed by atoms with E-state index in [1.807, 2.05) is 17.7 Å². The van der Waals surface area contributed by atoms with E-state index in [2.05, 4.69) is 9.71 Å². The Morgan fingerprint density at radius 3 is 2.74 bits per heavy atom. The molecule has 120 valence electrons. The van der Waals surface area contributed by atoms with Crippen molar-refractivity contribution in [2.45, 2.75) is 11.1 Å². The summed E-state index contributed by atoms with van der Waals surface area (Å²) in [5.41, 5.74) is 2.11. The van der Waals surface area contributed by atoms with Gasteiger partial charge in [0.1, 0.15) is 9.96 Å². The van der Waals surface area contributed by atoms with Crippen molar-refractivity contribution in [1.82, 2.24) is 9.55 Å². The van der Waals surface area contributed by atoms with Gasteiger partial charge in [-0.1, -0.05) is 6.07 Å². The molecule has 0 unspecified atom stereocenters. The van der Waals surface area contributed by atoms with Crippen molar-refractivity contribution < 1.29 is 13.2 Å². The van der Waals surface area contributed by atoms with Gasteiger partial charge in [-0.2, -0.15) is 0 Å². The Bertz CT molecular complexity index is 915. The topological polar surface area (TPSA) is 73.2 Å². The summed E-state index contributed by atoms with van der Waals surface area (Å²) in [6.07, 6.45) is 3.55. The molecule has 0 fully saturated rings. The van der Waals surface area contributed by atoms with Crippen LogP contribution in [-0.2, 0) is 10.0 Å². The maximum atomic E-state index is 12.3. The highest BCUT2D eigenvalue weighted by Gasteiger charge is 2.16. The summed E-state index contributed by atoms with van der Waals surface area (Å²) in [6, 6.07) is 8.39. The quantitative estimate of drug-likeness (QED) is 0.768. The molecule has 0 atom stereocenters. The third-order valence-corrected chi connectivity index (χ3v) is 5.96. The number of hydrogen-bond acceptors (Lipinski definition) is 5. The molecular weight excluding hydrogens is 334 g/mol. The van der Waals surface area contributed by atoms with Gasteiger partial charge in [0, 0.05) is 12.3 Å². The number of thiophene rings is 1. The molecule has 23 heavy (non-hydrogen) atoms. The van der Waals surface area contributed by atoms with Crippen LogP contribution in [0, 0.1) is 6.92 Å². The number of aromatic nitrogens is 2. The molecule has 0 aliphatic rings. The van der Waals surface area contributed by atoms with E-state index in [1.54, 1.807) is 49.1 Å². The van der Waals surface area contributed by atoms with Gasteiger partial charge >= 0.3 is 0 Å². The number of ether oxygens (including phenoxy) is 1. The molecule has 3 rings (SSSR count). The molecule has 0 spiro atoms. The van der Waals surface area contributed by atoms with Gasteiger partial charge in [-0.15, -0.1) is 11.3 Å². The first-order valence-corrected chi connectivity index (χ1v) is 9.11. The first kappa shape index (κ1) is 15.6. The van der Waals surface area contributed by atoms with Crippen molar-refractivity contribution >= 4 is 27.0 Å². The van der Waals surface area contributed by atoms with E-state index in [1.165, 1.54) is 11.3 Å². The molecule has 3 aromatic rings. The van der Waals surface area contributed by atoms with E-state index in [-0.39, 0.29) is 4.21 Å². The van der Waals surface area contributed by atoms with Crippen molar-refractivity contribution in [1.29, 1.82) is 0 Å². The lowest BCUT2D eigenvalue weighted by Crippen LogP contribution is -2.11. The van der Waals surface area contributed by atoms with E-state index in [4.69, 9.17) is 4.74 Å². The minimum Gasteiger partial charge on any atom is -0.494 e. The number of nitrogens with zero attached hydrogens (tertiary/aromatic N) is 2. The first-order valence-electron chi connectivity index (χ1n) is 6.75. The van der Waals surface area contributed by atoms with Crippen LogP contribution in [0.25, 0.3) is 5.69 Å². The summed E-state index contributed by atoms with van der Waals surface area (Å²) in [6.45, 7) is 1.90. The van der Waals surface area contributed by atoms with Crippen LogP contribution in [0.4, 0.5) is 5.69 Å². The second-order valence-corrected chi connectivity index (χ2v) is 7.70. The van der Waals surface area contributed by atoms with Crippen LogP contribution < -0.4 is 9.46 Å². The Labute approximate surface area is 138 Å². The lowest BCUT2D eigenvalue weighted by atomic mass is 10.2. The molecule has 2 heterocycles. The summed E-state index contributed by atoms with van der Waals surface area (Å²) < 4.78 is 34.6. The second kappa shape index (κ2) is 6.05. The zero-order chi connectivity index (χ0) is 16.4. The molecule has 0 saturated carbocycles. The van der Waals surface area contributed by atoms with Gasteiger partial charge in [0.15, 0.2) is 0 Å². The van der Waals surface area contributed by atoms with Crippen LogP contribution in [0.15, 0.2) is 52.4 Å². The van der Waals surface area contributed by atoms with Gasteiger partial charge < -0.3 is 9.30 Å². The monoisotopic (exact) mass is 349 g/mol.